The van der Waals surface area contributed by atoms with E-state index >= 15 is 0 Å². The molecular weight excluding hydrogens is 408 g/mol. The van der Waals surface area contributed by atoms with Crippen molar-refractivity contribution in [2.75, 3.05) is 5.32 Å². The van der Waals surface area contributed by atoms with E-state index < -0.39 is 23.2 Å². The van der Waals surface area contributed by atoms with Crippen molar-refractivity contribution >= 4 is 22.9 Å². The summed E-state index contributed by atoms with van der Waals surface area (Å²) < 4.78 is 33.2. The lowest BCUT2D eigenvalue weighted by molar-refractivity contribution is 0.102. The molecule has 4 aromatic rings. The molecule has 0 radical (unpaired) electrons. The molecule has 0 saturated carbocycles. The topological polar surface area (TPSA) is 68.0 Å². The highest BCUT2D eigenvalue weighted by Gasteiger charge is 2.24. The molecular formula is C22H15F2N3O2S. The Balaban J connectivity index is 1.53. The van der Waals surface area contributed by atoms with Crippen molar-refractivity contribution in [3.63, 3.8) is 0 Å². The van der Waals surface area contributed by atoms with Crippen LogP contribution in [0.1, 0.15) is 27.5 Å². The third-order valence-corrected chi connectivity index (χ3v) is 6.15. The molecule has 1 aliphatic carbocycles. The van der Waals surface area contributed by atoms with Gasteiger partial charge in [-0.2, -0.15) is 0 Å². The molecule has 0 atom stereocenters. The van der Waals surface area contributed by atoms with Crippen molar-refractivity contribution in [1.82, 2.24) is 9.97 Å². The van der Waals surface area contributed by atoms with Gasteiger partial charge < -0.3 is 9.73 Å². The van der Waals surface area contributed by atoms with E-state index in [0.717, 1.165) is 58.7 Å². The number of benzene rings is 2. The summed E-state index contributed by atoms with van der Waals surface area (Å²) in [5.74, 6) is -1.64. The van der Waals surface area contributed by atoms with Crippen LogP contribution in [0, 0.1) is 11.6 Å². The number of hydrogen-bond donors (Lipinski definition) is 1. The molecule has 1 amide bonds. The summed E-state index contributed by atoms with van der Waals surface area (Å²) in [5, 5.41) is 2.48. The summed E-state index contributed by atoms with van der Waals surface area (Å²) in [6, 6.07) is 9.48. The standard InChI is InChI=1S/C22H15F2N3O2S/c23-15-4-2-5-16(24)19(15)27-21(28)22-26-17-6-1-3-12-7-8-13(18-10-25-11-29-18)9-14(12)20(17)30-22/h2,4-5,7-11H,1,3,6H2,(H,27,28). The van der Waals surface area contributed by atoms with Crippen LogP contribution in [-0.4, -0.2) is 15.9 Å². The number of anilines is 1. The molecule has 0 saturated heterocycles. The van der Waals surface area contributed by atoms with Crippen molar-refractivity contribution in [3.8, 4) is 21.8 Å². The third kappa shape index (κ3) is 3.29. The molecule has 2 heterocycles. The predicted molar refractivity (Wildman–Crippen MR) is 109 cm³/mol. The highest BCUT2D eigenvalue weighted by molar-refractivity contribution is 7.17. The molecule has 0 aliphatic heterocycles. The fraction of sp³-hybridized carbons (Fsp3) is 0.136. The van der Waals surface area contributed by atoms with Crippen LogP contribution >= 0.6 is 11.3 Å². The van der Waals surface area contributed by atoms with Crippen LogP contribution in [0.15, 0.2) is 53.4 Å². The van der Waals surface area contributed by atoms with Gasteiger partial charge in [0.25, 0.3) is 5.91 Å². The lowest BCUT2D eigenvalue weighted by Gasteiger charge is -2.07. The number of carbonyl (C=O) groups excluding carboxylic acids is 1. The summed E-state index contributed by atoms with van der Waals surface area (Å²) in [6.45, 7) is 0. The first kappa shape index (κ1) is 18.6. The van der Waals surface area contributed by atoms with Gasteiger partial charge in [0.1, 0.15) is 17.3 Å². The van der Waals surface area contributed by atoms with E-state index in [2.05, 4.69) is 21.4 Å². The monoisotopic (exact) mass is 423 g/mol. The van der Waals surface area contributed by atoms with Crippen molar-refractivity contribution < 1.29 is 18.0 Å². The third-order valence-electron chi connectivity index (χ3n) is 5.02. The lowest BCUT2D eigenvalue weighted by atomic mass is 10.0. The van der Waals surface area contributed by atoms with Crippen molar-refractivity contribution in [2.24, 2.45) is 0 Å². The molecule has 0 fully saturated rings. The molecule has 1 aliphatic rings. The van der Waals surface area contributed by atoms with E-state index in [0.29, 0.717) is 5.76 Å². The van der Waals surface area contributed by atoms with Gasteiger partial charge in [0.05, 0.1) is 16.8 Å². The van der Waals surface area contributed by atoms with Crippen molar-refractivity contribution in [2.45, 2.75) is 19.3 Å². The number of rotatable bonds is 3. The number of fused-ring (bicyclic) bond motifs is 3. The summed E-state index contributed by atoms with van der Waals surface area (Å²) >= 11 is 1.22. The number of aryl methyl sites for hydroxylation is 2. The van der Waals surface area contributed by atoms with Crippen LogP contribution in [0.3, 0.4) is 0 Å². The predicted octanol–water partition coefficient (Wildman–Crippen LogP) is 5.48. The maximum absolute atomic E-state index is 13.9. The number of nitrogens with zero attached hydrogens (tertiary/aromatic N) is 2. The molecule has 5 rings (SSSR count). The second-order valence-corrected chi connectivity index (χ2v) is 7.94. The van der Waals surface area contributed by atoms with Gasteiger partial charge in [-0.15, -0.1) is 11.3 Å². The van der Waals surface area contributed by atoms with Gasteiger partial charge in [0.2, 0.25) is 0 Å². The number of oxazole rings is 1. The quantitative estimate of drug-likeness (QED) is 0.474. The van der Waals surface area contributed by atoms with Gasteiger partial charge in [-0.3, -0.25) is 4.79 Å². The lowest BCUT2D eigenvalue weighted by Crippen LogP contribution is -2.14. The summed E-state index contributed by atoms with van der Waals surface area (Å²) in [5.41, 5.74) is 3.37. The number of carbonyl (C=O) groups is 1. The molecule has 0 spiro atoms. The second kappa shape index (κ2) is 7.46. The Labute approximate surface area is 174 Å². The Morgan fingerprint density at radius 1 is 1.13 bits per heavy atom. The van der Waals surface area contributed by atoms with Crippen LogP contribution in [0.2, 0.25) is 0 Å². The van der Waals surface area contributed by atoms with Crippen molar-refractivity contribution in [3.05, 3.63) is 76.9 Å². The summed E-state index contributed by atoms with van der Waals surface area (Å²) in [4.78, 5) is 22.0. The zero-order valence-corrected chi connectivity index (χ0v) is 16.4. The molecule has 150 valence electrons. The van der Waals surface area contributed by atoms with Gasteiger partial charge in [0.15, 0.2) is 17.2 Å². The Kier molecular flexibility index (Phi) is 4.63. The Morgan fingerprint density at radius 3 is 2.73 bits per heavy atom. The zero-order chi connectivity index (χ0) is 20.7. The number of nitrogens with one attached hydrogen (secondary N) is 1. The van der Waals surface area contributed by atoms with Crippen LogP contribution in [0.4, 0.5) is 14.5 Å². The second-order valence-electron chi connectivity index (χ2n) is 6.94. The molecule has 5 nitrogen and oxygen atoms in total. The van der Waals surface area contributed by atoms with E-state index in [4.69, 9.17) is 4.42 Å². The minimum absolute atomic E-state index is 0.167. The Morgan fingerprint density at radius 2 is 1.97 bits per heavy atom. The first-order valence-electron chi connectivity index (χ1n) is 9.37. The van der Waals surface area contributed by atoms with E-state index in [-0.39, 0.29) is 5.01 Å². The first-order chi connectivity index (χ1) is 14.6. The van der Waals surface area contributed by atoms with E-state index in [9.17, 15) is 13.6 Å². The molecule has 1 N–H and O–H groups in total. The number of para-hydroxylation sites is 1. The van der Waals surface area contributed by atoms with Gasteiger partial charge in [-0.25, -0.2) is 18.7 Å². The SMILES string of the molecule is O=C(Nc1c(F)cccc1F)c1nc2c(s1)-c1cc(-c3cnco3)ccc1CCC2. The molecule has 0 unspecified atom stereocenters. The minimum atomic E-state index is -0.830. The minimum Gasteiger partial charge on any atom is -0.444 e. The van der Waals surface area contributed by atoms with Gasteiger partial charge >= 0.3 is 0 Å². The number of amides is 1. The fourth-order valence-electron chi connectivity index (χ4n) is 3.58. The van der Waals surface area contributed by atoms with Crippen LogP contribution in [-0.2, 0) is 12.8 Å². The fourth-order valence-corrected chi connectivity index (χ4v) is 4.64. The number of halogens is 2. The molecule has 2 aromatic heterocycles. The van der Waals surface area contributed by atoms with Gasteiger partial charge in [0, 0.05) is 5.56 Å². The van der Waals surface area contributed by atoms with E-state index in [1.165, 1.54) is 23.8 Å². The van der Waals surface area contributed by atoms with Crippen LogP contribution < -0.4 is 5.32 Å². The number of aromatic nitrogens is 2. The maximum Gasteiger partial charge on any atom is 0.284 e. The molecule has 0 bridgehead atoms. The summed E-state index contributed by atoms with van der Waals surface area (Å²) in [7, 11) is 0. The largest absolute Gasteiger partial charge is 0.444 e. The van der Waals surface area contributed by atoms with Gasteiger partial charge in [-0.1, -0.05) is 18.2 Å². The average Bonchev–Trinajstić information content (AvgIpc) is 3.39. The average molecular weight is 423 g/mol. The smallest absolute Gasteiger partial charge is 0.284 e. The highest BCUT2D eigenvalue weighted by atomic mass is 32.1. The molecule has 2 aromatic carbocycles. The number of hydrogen-bond acceptors (Lipinski definition) is 5. The Bertz CT molecular complexity index is 1230. The van der Waals surface area contributed by atoms with E-state index in [1.807, 2.05) is 12.1 Å². The van der Waals surface area contributed by atoms with Crippen LogP contribution in [0.5, 0.6) is 0 Å². The highest BCUT2D eigenvalue weighted by Crippen LogP contribution is 2.39. The van der Waals surface area contributed by atoms with Gasteiger partial charge in [-0.05, 0) is 48.6 Å². The summed E-state index contributed by atoms with van der Waals surface area (Å²) in [6.07, 6.45) is 5.54. The number of thiazole rings is 1. The van der Waals surface area contributed by atoms with E-state index in [1.54, 1.807) is 6.20 Å². The normalized spacial score (nSPS) is 12.7. The Hall–Kier alpha value is -3.39. The molecule has 8 heteroatoms. The zero-order valence-electron chi connectivity index (χ0n) is 15.6. The molecule has 30 heavy (non-hydrogen) atoms. The maximum atomic E-state index is 13.9. The first-order valence-corrected chi connectivity index (χ1v) is 10.2. The van der Waals surface area contributed by atoms with Crippen LogP contribution in [0.25, 0.3) is 21.8 Å². The van der Waals surface area contributed by atoms with Crippen molar-refractivity contribution in [1.29, 1.82) is 0 Å².